The topological polar surface area (TPSA) is 84.2 Å². The molecule has 2 aromatic carbocycles. The van der Waals surface area contributed by atoms with Crippen LogP contribution in [0.1, 0.15) is 55.2 Å². The van der Waals surface area contributed by atoms with Gasteiger partial charge in [-0.3, -0.25) is 4.79 Å². The lowest BCUT2D eigenvalue weighted by Crippen LogP contribution is -2.25. The van der Waals surface area contributed by atoms with E-state index in [2.05, 4.69) is 27.1 Å². The molecule has 5 rings (SSSR count). The van der Waals surface area contributed by atoms with Gasteiger partial charge in [0.2, 0.25) is 0 Å². The Morgan fingerprint density at radius 3 is 2.64 bits per heavy atom. The number of hydrogen-bond donors (Lipinski definition) is 0. The van der Waals surface area contributed by atoms with Gasteiger partial charge < -0.3 is 4.42 Å². The molecule has 0 unspecified atom stereocenters. The van der Waals surface area contributed by atoms with Crippen LogP contribution in [0.3, 0.4) is 0 Å². The van der Waals surface area contributed by atoms with Crippen LogP contribution in [0.25, 0.3) is 22.2 Å². The molecule has 0 atom stereocenters. The van der Waals surface area contributed by atoms with E-state index in [9.17, 15) is 4.79 Å². The molecule has 6 nitrogen and oxygen atoms in total. The first kappa shape index (κ1) is 21.4. The Morgan fingerprint density at radius 2 is 1.88 bits per heavy atom. The molecule has 1 fully saturated rings. The molecule has 2 heterocycles. The maximum atomic E-state index is 13.4. The Hall–Kier alpha value is -3.50. The maximum Gasteiger partial charge on any atom is 0.282 e. The summed E-state index contributed by atoms with van der Waals surface area (Å²) in [6, 6.07) is 18.5. The highest BCUT2D eigenvalue weighted by molar-refractivity contribution is 9.10. The number of furan rings is 1. The van der Waals surface area contributed by atoms with Gasteiger partial charge in [0.05, 0.1) is 28.8 Å². The molecule has 164 valence electrons. The summed E-state index contributed by atoms with van der Waals surface area (Å²) in [5.41, 5.74) is 1.97. The van der Waals surface area contributed by atoms with Crippen molar-refractivity contribution in [2.24, 2.45) is 5.10 Å². The smallest absolute Gasteiger partial charge is 0.282 e. The lowest BCUT2D eigenvalue weighted by Gasteiger charge is -2.22. The fourth-order valence-electron chi connectivity index (χ4n) is 4.30. The zero-order chi connectivity index (χ0) is 22.8. The van der Waals surface area contributed by atoms with Crippen molar-refractivity contribution < 1.29 is 4.42 Å². The van der Waals surface area contributed by atoms with E-state index >= 15 is 0 Å². The highest BCUT2D eigenvalue weighted by atomic mass is 79.9. The van der Waals surface area contributed by atoms with Crippen LogP contribution in [-0.4, -0.2) is 15.9 Å². The van der Waals surface area contributed by atoms with E-state index in [1.54, 1.807) is 24.4 Å². The third-order valence-corrected chi connectivity index (χ3v) is 6.52. The number of hydrogen-bond acceptors (Lipinski definition) is 5. The summed E-state index contributed by atoms with van der Waals surface area (Å²) in [5.74, 6) is 2.12. The average molecular weight is 501 g/mol. The van der Waals surface area contributed by atoms with Crippen molar-refractivity contribution in [1.82, 2.24) is 9.66 Å². The lowest BCUT2D eigenvalue weighted by atomic mass is 9.88. The first-order valence-electron chi connectivity index (χ1n) is 11.0. The summed E-state index contributed by atoms with van der Waals surface area (Å²) < 4.78 is 8.19. The SMILES string of the molecule is N#Cc1ccc(-c2ccc(C=Nn3c(C4CCCCC4)nc4ccc(Br)cc4c3=O)o2)cc1. The number of aromatic nitrogens is 2. The quantitative estimate of drug-likeness (QED) is 0.311. The van der Waals surface area contributed by atoms with Crippen LogP contribution in [0.5, 0.6) is 0 Å². The molecular weight excluding hydrogens is 480 g/mol. The molecule has 0 aliphatic heterocycles. The summed E-state index contributed by atoms with van der Waals surface area (Å²) >= 11 is 3.45. The predicted molar refractivity (Wildman–Crippen MR) is 131 cm³/mol. The molecule has 0 amide bonds. The van der Waals surface area contributed by atoms with Gasteiger partial charge in [0.25, 0.3) is 5.56 Å². The van der Waals surface area contributed by atoms with Gasteiger partial charge in [-0.2, -0.15) is 15.0 Å². The van der Waals surface area contributed by atoms with Gasteiger partial charge in [0, 0.05) is 16.0 Å². The molecular formula is C26H21BrN4O2. The van der Waals surface area contributed by atoms with Crippen molar-refractivity contribution in [3.8, 4) is 17.4 Å². The van der Waals surface area contributed by atoms with Gasteiger partial charge >= 0.3 is 0 Å². The van der Waals surface area contributed by atoms with Crippen LogP contribution >= 0.6 is 15.9 Å². The first-order valence-corrected chi connectivity index (χ1v) is 11.8. The Balaban J connectivity index is 1.53. The molecule has 0 radical (unpaired) electrons. The van der Waals surface area contributed by atoms with E-state index in [1.807, 2.05) is 36.4 Å². The minimum absolute atomic E-state index is 0.183. The van der Waals surface area contributed by atoms with Crippen molar-refractivity contribution in [2.45, 2.75) is 38.0 Å². The van der Waals surface area contributed by atoms with Gasteiger partial charge in [0.1, 0.15) is 17.3 Å². The highest BCUT2D eigenvalue weighted by Crippen LogP contribution is 2.32. The second-order valence-electron chi connectivity index (χ2n) is 8.22. The normalized spacial score (nSPS) is 14.7. The van der Waals surface area contributed by atoms with Gasteiger partial charge in [-0.25, -0.2) is 4.98 Å². The molecule has 2 aromatic heterocycles. The van der Waals surface area contributed by atoms with Gasteiger partial charge in [-0.05, 0) is 67.4 Å². The molecule has 0 spiro atoms. The number of benzene rings is 2. The van der Waals surface area contributed by atoms with E-state index in [0.717, 1.165) is 35.7 Å². The lowest BCUT2D eigenvalue weighted by molar-refractivity contribution is 0.416. The van der Waals surface area contributed by atoms with Crippen LogP contribution in [0.2, 0.25) is 0 Å². The fourth-order valence-corrected chi connectivity index (χ4v) is 4.66. The summed E-state index contributed by atoms with van der Waals surface area (Å²) in [6.07, 6.45) is 7.06. The molecule has 1 saturated carbocycles. The zero-order valence-electron chi connectivity index (χ0n) is 17.9. The van der Waals surface area contributed by atoms with E-state index in [1.165, 1.54) is 11.1 Å². The monoisotopic (exact) mass is 500 g/mol. The van der Waals surface area contributed by atoms with Crippen LogP contribution in [0, 0.1) is 11.3 Å². The third-order valence-electron chi connectivity index (χ3n) is 6.03. The largest absolute Gasteiger partial charge is 0.455 e. The highest BCUT2D eigenvalue weighted by Gasteiger charge is 2.22. The maximum absolute atomic E-state index is 13.4. The minimum atomic E-state index is -0.183. The Kier molecular flexibility index (Phi) is 5.93. The molecule has 0 N–H and O–H groups in total. The number of rotatable bonds is 4. The van der Waals surface area contributed by atoms with Gasteiger partial charge in [0.15, 0.2) is 0 Å². The van der Waals surface area contributed by atoms with Crippen LogP contribution < -0.4 is 5.56 Å². The molecule has 1 aliphatic carbocycles. The molecule has 4 aromatic rings. The van der Waals surface area contributed by atoms with Crippen molar-refractivity contribution in [1.29, 1.82) is 5.26 Å². The Bertz CT molecular complexity index is 1440. The van der Waals surface area contributed by atoms with Crippen molar-refractivity contribution in [2.75, 3.05) is 0 Å². The zero-order valence-corrected chi connectivity index (χ0v) is 19.5. The van der Waals surface area contributed by atoms with Crippen molar-refractivity contribution in [3.63, 3.8) is 0 Å². The Morgan fingerprint density at radius 1 is 1.09 bits per heavy atom. The van der Waals surface area contributed by atoms with E-state index in [0.29, 0.717) is 33.8 Å². The van der Waals surface area contributed by atoms with Crippen molar-refractivity contribution in [3.05, 3.63) is 86.6 Å². The minimum Gasteiger partial charge on any atom is -0.455 e. The first-order chi connectivity index (χ1) is 16.1. The second kappa shape index (κ2) is 9.16. The summed E-state index contributed by atoms with van der Waals surface area (Å²) in [7, 11) is 0. The molecule has 7 heteroatoms. The van der Waals surface area contributed by atoms with Crippen LogP contribution in [0.15, 0.2) is 73.4 Å². The molecule has 0 bridgehead atoms. The Labute approximate surface area is 199 Å². The molecule has 0 saturated heterocycles. The van der Waals surface area contributed by atoms with Gasteiger partial charge in [-0.15, -0.1) is 0 Å². The molecule has 1 aliphatic rings. The summed E-state index contributed by atoms with van der Waals surface area (Å²) in [5, 5.41) is 14.0. The number of nitrogens with zero attached hydrogens (tertiary/aromatic N) is 4. The predicted octanol–water partition coefficient (Wildman–Crippen LogP) is 6.22. The molecule has 33 heavy (non-hydrogen) atoms. The van der Waals surface area contributed by atoms with E-state index in [-0.39, 0.29) is 11.5 Å². The standard InChI is InChI=1S/C26H21BrN4O2/c27-20-10-12-23-22(14-20)26(32)31(25(30-23)19-4-2-1-3-5-19)29-16-21-11-13-24(33-21)18-8-6-17(15-28)7-9-18/h6-14,16,19H,1-5H2. The third kappa shape index (κ3) is 4.39. The van der Waals surface area contributed by atoms with E-state index in [4.69, 9.17) is 14.7 Å². The summed E-state index contributed by atoms with van der Waals surface area (Å²) in [4.78, 5) is 18.2. The second-order valence-corrected chi connectivity index (χ2v) is 9.13. The van der Waals surface area contributed by atoms with Crippen molar-refractivity contribution >= 4 is 33.0 Å². The van der Waals surface area contributed by atoms with Crippen LogP contribution in [-0.2, 0) is 0 Å². The average Bonchev–Trinajstić information content (AvgIpc) is 3.33. The fraction of sp³-hybridized carbons (Fsp3) is 0.231. The summed E-state index contributed by atoms with van der Waals surface area (Å²) in [6.45, 7) is 0. The van der Waals surface area contributed by atoms with E-state index < -0.39 is 0 Å². The van der Waals surface area contributed by atoms with Gasteiger partial charge in [-0.1, -0.05) is 35.2 Å². The number of halogens is 1. The van der Waals surface area contributed by atoms with Crippen LogP contribution in [0.4, 0.5) is 0 Å². The number of fused-ring (bicyclic) bond motifs is 1. The number of nitriles is 1.